The molecule has 0 bridgehead atoms. The highest BCUT2D eigenvalue weighted by Crippen LogP contribution is 2.26. The summed E-state index contributed by atoms with van der Waals surface area (Å²) in [4.78, 5) is 24.7. The first-order chi connectivity index (χ1) is 6.79. The minimum absolute atomic E-state index is 0.106. The van der Waals surface area contributed by atoms with E-state index in [1.165, 1.54) is 4.90 Å². The predicted molar refractivity (Wildman–Crippen MR) is 56.7 cm³/mol. The molecule has 1 aliphatic rings. The maximum absolute atomic E-state index is 11.8. The molecule has 0 aromatic rings. The monoisotopic (exact) mass is 213 g/mol. The Labute approximate surface area is 90.0 Å². The molecule has 1 fully saturated rings. The fourth-order valence-electron chi connectivity index (χ4n) is 1.71. The van der Waals surface area contributed by atoms with Gasteiger partial charge in [-0.15, -0.1) is 0 Å². The Morgan fingerprint density at radius 2 is 2.07 bits per heavy atom. The van der Waals surface area contributed by atoms with Crippen LogP contribution < -0.4 is 11.1 Å². The van der Waals surface area contributed by atoms with Gasteiger partial charge in [-0.2, -0.15) is 0 Å². The molecule has 3 N–H and O–H groups in total. The van der Waals surface area contributed by atoms with Crippen LogP contribution in [0.3, 0.4) is 0 Å². The molecule has 86 valence electrons. The Hall–Kier alpha value is -1.10. The van der Waals surface area contributed by atoms with E-state index in [0.717, 1.165) is 0 Å². The minimum Gasteiger partial charge on any atom is -0.332 e. The lowest BCUT2D eigenvalue weighted by molar-refractivity contribution is -0.138. The van der Waals surface area contributed by atoms with Crippen LogP contribution in [0.5, 0.6) is 0 Å². The molecule has 1 aliphatic heterocycles. The molecule has 15 heavy (non-hydrogen) atoms. The Bertz CT molecular complexity index is 288. The van der Waals surface area contributed by atoms with Crippen molar-refractivity contribution in [3.63, 3.8) is 0 Å². The van der Waals surface area contributed by atoms with Gasteiger partial charge in [-0.3, -0.25) is 9.59 Å². The molecule has 2 atom stereocenters. The predicted octanol–water partition coefficient (Wildman–Crippen LogP) is -0.336. The van der Waals surface area contributed by atoms with Crippen LogP contribution in [0.2, 0.25) is 0 Å². The molecule has 0 aromatic carbocycles. The quantitative estimate of drug-likeness (QED) is 0.659. The van der Waals surface area contributed by atoms with Gasteiger partial charge in [0.05, 0.1) is 6.04 Å². The zero-order valence-electron chi connectivity index (χ0n) is 9.70. The van der Waals surface area contributed by atoms with Gasteiger partial charge in [0.15, 0.2) is 0 Å². The van der Waals surface area contributed by atoms with Gasteiger partial charge >= 0.3 is 0 Å². The van der Waals surface area contributed by atoms with E-state index in [9.17, 15) is 9.59 Å². The molecule has 1 heterocycles. The largest absolute Gasteiger partial charge is 0.332 e. The molecule has 1 saturated heterocycles. The maximum Gasteiger partial charge on any atom is 0.241 e. The number of rotatable bonds is 2. The second kappa shape index (κ2) is 3.81. The van der Waals surface area contributed by atoms with Crippen molar-refractivity contribution in [2.24, 2.45) is 11.7 Å². The van der Waals surface area contributed by atoms with Crippen molar-refractivity contribution in [1.29, 1.82) is 0 Å². The van der Waals surface area contributed by atoms with Gasteiger partial charge in [0.2, 0.25) is 11.8 Å². The highest BCUT2D eigenvalue weighted by atomic mass is 16.2. The summed E-state index contributed by atoms with van der Waals surface area (Å²) < 4.78 is 0. The van der Waals surface area contributed by atoms with E-state index in [1.54, 1.807) is 6.92 Å². The molecule has 2 unspecified atom stereocenters. The lowest BCUT2D eigenvalue weighted by Crippen LogP contribution is -2.58. The van der Waals surface area contributed by atoms with Gasteiger partial charge in [-0.1, -0.05) is 13.8 Å². The Morgan fingerprint density at radius 3 is 2.47 bits per heavy atom. The SMILES string of the molecule is CC(N)C(=O)N1CC(=O)NC1(C)C(C)C. The summed E-state index contributed by atoms with van der Waals surface area (Å²) >= 11 is 0. The number of nitrogens with two attached hydrogens (primary N) is 1. The minimum atomic E-state index is -0.609. The highest BCUT2D eigenvalue weighted by Gasteiger charge is 2.46. The van der Waals surface area contributed by atoms with Crippen LogP contribution in [-0.4, -0.2) is 35.0 Å². The second-order valence-electron chi connectivity index (χ2n) is 4.56. The van der Waals surface area contributed by atoms with Crippen LogP contribution in [-0.2, 0) is 9.59 Å². The number of nitrogens with zero attached hydrogens (tertiary/aromatic N) is 1. The lowest BCUT2D eigenvalue weighted by atomic mass is 9.97. The van der Waals surface area contributed by atoms with E-state index >= 15 is 0 Å². The smallest absolute Gasteiger partial charge is 0.241 e. The van der Waals surface area contributed by atoms with Crippen LogP contribution in [0.1, 0.15) is 27.7 Å². The molecule has 0 spiro atoms. The Morgan fingerprint density at radius 1 is 1.53 bits per heavy atom. The van der Waals surface area contributed by atoms with Crippen LogP contribution in [0.15, 0.2) is 0 Å². The summed E-state index contributed by atoms with van der Waals surface area (Å²) in [5.41, 5.74) is 4.94. The first kappa shape index (κ1) is 12.0. The fourth-order valence-corrected chi connectivity index (χ4v) is 1.71. The van der Waals surface area contributed by atoms with Gasteiger partial charge in [0, 0.05) is 0 Å². The summed E-state index contributed by atoms with van der Waals surface area (Å²) in [6, 6.07) is -0.573. The summed E-state index contributed by atoms with van der Waals surface area (Å²) in [7, 11) is 0. The molecule has 2 amide bonds. The van der Waals surface area contributed by atoms with Crippen molar-refractivity contribution in [3.8, 4) is 0 Å². The number of carbonyl (C=O) groups excluding carboxylic acids is 2. The topological polar surface area (TPSA) is 75.4 Å². The number of nitrogens with one attached hydrogen (secondary N) is 1. The van der Waals surface area contributed by atoms with Crippen molar-refractivity contribution in [2.45, 2.75) is 39.4 Å². The summed E-state index contributed by atoms with van der Waals surface area (Å²) in [6.45, 7) is 7.52. The average Bonchev–Trinajstić information content (AvgIpc) is 2.41. The zero-order valence-corrected chi connectivity index (χ0v) is 9.70. The molecule has 1 rings (SSSR count). The molecular formula is C10H19N3O2. The highest BCUT2D eigenvalue weighted by molar-refractivity contribution is 5.91. The first-order valence-corrected chi connectivity index (χ1v) is 5.17. The van der Waals surface area contributed by atoms with Gasteiger partial charge in [-0.05, 0) is 19.8 Å². The molecule has 5 heteroatoms. The van der Waals surface area contributed by atoms with Gasteiger partial charge in [0.25, 0.3) is 0 Å². The maximum atomic E-state index is 11.8. The van der Waals surface area contributed by atoms with Crippen molar-refractivity contribution >= 4 is 11.8 Å². The molecular weight excluding hydrogens is 194 g/mol. The molecule has 0 radical (unpaired) electrons. The molecule has 0 aromatic heterocycles. The van der Waals surface area contributed by atoms with Crippen LogP contribution in [0, 0.1) is 5.92 Å². The normalized spacial score (nSPS) is 28.1. The van der Waals surface area contributed by atoms with Gasteiger partial charge < -0.3 is 16.0 Å². The van der Waals surface area contributed by atoms with E-state index in [0.29, 0.717) is 0 Å². The standard InChI is InChI=1S/C10H19N3O2/c1-6(2)10(4)12-8(14)5-13(10)9(15)7(3)11/h6-7H,5,11H2,1-4H3,(H,12,14). The molecule has 0 aliphatic carbocycles. The number of hydrogen-bond acceptors (Lipinski definition) is 3. The summed E-state index contributed by atoms with van der Waals surface area (Å²) in [6.07, 6.45) is 0. The molecule has 0 saturated carbocycles. The second-order valence-corrected chi connectivity index (χ2v) is 4.56. The number of amides is 2. The third kappa shape index (κ3) is 1.97. The fraction of sp³-hybridized carbons (Fsp3) is 0.800. The van der Waals surface area contributed by atoms with Crippen molar-refractivity contribution in [3.05, 3.63) is 0 Å². The zero-order chi connectivity index (χ0) is 11.8. The van der Waals surface area contributed by atoms with E-state index < -0.39 is 11.7 Å². The van der Waals surface area contributed by atoms with E-state index in [4.69, 9.17) is 5.73 Å². The first-order valence-electron chi connectivity index (χ1n) is 5.17. The third-order valence-electron chi connectivity index (χ3n) is 3.03. The van der Waals surface area contributed by atoms with Gasteiger partial charge in [-0.25, -0.2) is 0 Å². The third-order valence-corrected chi connectivity index (χ3v) is 3.03. The van der Waals surface area contributed by atoms with Crippen molar-refractivity contribution < 1.29 is 9.59 Å². The van der Waals surface area contributed by atoms with E-state index in [2.05, 4.69) is 5.32 Å². The summed E-state index contributed by atoms with van der Waals surface area (Å²) in [5, 5.41) is 2.83. The van der Waals surface area contributed by atoms with Gasteiger partial charge in [0.1, 0.15) is 12.2 Å². The Balaban J connectivity index is 2.96. The summed E-state index contributed by atoms with van der Waals surface area (Å²) in [5.74, 6) is -0.170. The van der Waals surface area contributed by atoms with Crippen molar-refractivity contribution in [1.82, 2.24) is 10.2 Å². The van der Waals surface area contributed by atoms with Crippen LogP contribution in [0.25, 0.3) is 0 Å². The van der Waals surface area contributed by atoms with Crippen LogP contribution >= 0.6 is 0 Å². The van der Waals surface area contributed by atoms with Crippen molar-refractivity contribution in [2.75, 3.05) is 6.54 Å². The number of hydrogen-bond donors (Lipinski definition) is 2. The van der Waals surface area contributed by atoms with E-state index in [-0.39, 0.29) is 24.3 Å². The number of carbonyl (C=O) groups is 2. The Kier molecular flexibility index (Phi) is 3.04. The molecule has 5 nitrogen and oxygen atoms in total. The average molecular weight is 213 g/mol. The van der Waals surface area contributed by atoms with Crippen LogP contribution in [0.4, 0.5) is 0 Å². The lowest BCUT2D eigenvalue weighted by Gasteiger charge is -2.38. The van der Waals surface area contributed by atoms with E-state index in [1.807, 2.05) is 20.8 Å².